The van der Waals surface area contributed by atoms with E-state index in [4.69, 9.17) is 4.74 Å². The Morgan fingerprint density at radius 2 is 1.86 bits per heavy atom. The van der Waals surface area contributed by atoms with E-state index in [2.05, 4.69) is 6.58 Å². The van der Waals surface area contributed by atoms with Gasteiger partial charge in [0.05, 0.1) is 7.11 Å². The van der Waals surface area contributed by atoms with Crippen molar-refractivity contribution < 1.29 is 9.53 Å². The van der Waals surface area contributed by atoms with E-state index in [1.54, 1.807) is 18.1 Å². The van der Waals surface area contributed by atoms with E-state index in [1.165, 1.54) is 0 Å². The van der Waals surface area contributed by atoms with E-state index in [9.17, 15) is 4.79 Å². The molecule has 0 spiro atoms. The molecule has 0 bridgehead atoms. The molecule has 2 aromatic rings. The molecule has 2 aromatic carbocycles. The van der Waals surface area contributed by atoms with Crippen LogP contribution in [-0.4, -0.2) is 19.6 Å². The molecule has 0 unspecified atom stereocenters. The molecule has 0 heterocycles. The van der Waals surface area contributed by atoms with Crippen molar-refractivity contribution in [2.24, 2.45) is 0 Å². The number of carbonyl (C=O) groups excluding carboxylic acids is 1. The highest BCUT2D eigenvalue weighted by Crippen LogP contribution is 2.24. The smallest absolute Gasteiger partial charge is 0.258 e. The number of aryl methyl sites for hydroxylation is 1. The van der Waals surface area contributed by atoms with Gasteiger partial charge in [-0.2, -0.15) is 0 Å². The number of anilines is 1. The van der Waals surface area contributed by atoms with E-state index in [0.717, 1.165) is 16.8 Å². The van der Waals surface area contributed by atoms with Crippen LogP contribution in [0, 0.1) is 13.8 Å². The van der Waals surface area contributed by atoms with Crippen LogP contribution in [0.15, 0.2) is 55.1 Å². The summed E-state index contributed by atoms with van der Waals surface area (Å²) < 4.78 is 5.31. The lowest BCUT2D eigenvalue weighted by Crippen LogP contribution is -2.31. The summed E-state index contributed by atoms with van der Waals surface area (Å²) >= 11 is 0. The van der Waals surface area contributed by atoms with Crippen molar-refractivity contribution in [1.82, 2.24) is 0 Å². The standard InChI is InChI=1S/C19H21NO2/c1-5-13-20(16-11-9-14(2)10-12-16)19(21)17-7-6-8-18(22-4)15(17)3/h5-12H,1,13H2,2-4H3. The molecule has 3 nitrogen and oxygen atoms in total. The molecule has 114 valence electrons. The maximum absolute atomic E-state index is 12.9. The maximum atomic E-state index is 12.9. The minimum atomic E-state index is -0.0554. The molecule has 22 heavy (non-hydrogen) atoms. The first kappa shape index (κ1) is 15.8. The average Bonchev–Trinajstić information content (AvgIpc) is 2.53. The van der Waals surface area contributed by atoms with Crippen LogP contribution in [0.4, 0.5) is 5.69 Å². The normalized spacial score (nSPS) is 10.1. The number of benzene rings is 2. The fourth-order valence-corrected chi connectivity index (χ4v) is 2.37. The second-order valence-corrected chi connectivity index (χ2v) is 5.17. The molecular formula is C19H21NO2. The number of nitrogens with zero attached hydrogens (tertiary/aromatic N) is 1. The van der Waals surface area contributed by atoms with Gasteiger partial charge in [0.15, 0.2) is 0 Å². The van der Waals surface area contributed by atoms with Crippen LogP contribution in [0.25, 0.3) is 0 Å². The molecule has 0 saturated heterocycles. The summed E-state index contributed by atoms with van der Waals surface area (Å²) in [6.07, 6.45) is 1.73. The van der Waals surface area contributed by atoms with Crippen LogP contribution in [0.3, 0.4) is 0 Å². The van der Waals surface area contributed by atoms with E-state index >= 15 is 0 Å². The predicted octanol–water partition coefficient (Wildman–Crippen LogP) is 4.14. The second kappa shape index (κ2) is 6.94. The molecule has 0 aliphatic heterocycles. The van der Waals surface area contributed by atoms with E-state index in [-0.39, 0.29) is 5.91 Å². The average molecular weight is 295 g/mol. The molecular weight excluding hydrogens is 274 g/mol. The summed E-state index contributed by atoms with van der Waals surface area (Å²) in [4.78, 5) is 14.6. The number of carbonyl (C=O) groups is 1. The number of ether oxygens (including phenoxy) is 1. The van der Waals surface area contributed by atoms with Crippen molar-refractivity contribution in [3.63, 3.8) is 0 Å². The Morgan fingerprint density at radius 3 is 2.45 bits per heavy atom. The Bertz CT molecular complexity index is 674. The minimum Gasteiger partial charge on any atom is -0.496 e. The molecule has 0 radical (unpaired) electrons. The predicted molar refractivity (Wildman–Crippen MR) is 90.8 cm³/mol. The third-order valence-electron chi connectivity index (χ3n) is 3.64. The first-order chi connectivity index (χ1) is 10.6. The van der Waals surface area contributed by atoms with Crippen molar-refractivity contribution in [1.29, 1.82) is 0 Å². The maximum Gasteiger partial charge on any atom is 0.258 e. The Balaban J connectivity index is 2.42. The van der Waals surface area contributed by atoms with Crippen molar-refractivity contribution in [3.05, 3.63) is 71.8 Å². The van der Waals surface area contributed by atoms with Gasteiger partial charge >= 0.3 is 0 Å². The molecule has 0 aromatic heterocycles. The molecule has 0 N–H and O–H groups in total. The SMILES string of the molecule is C=CCN(C(=O)c1cccc(OC)c1C)c1ccc(C)cc1. The van der Waals surface area contributed by atoms with Crippen molar-refractivity contribution in [3.8, 4) is 5.75 Å². The Kier molecular flexibility index (Phi) is 4.99. The fraction of sp³-hybridized carbons (Fsp3) is 0.211. The van der Waals surface area contributed by atoms with E-state index in [0.29, 0.717) is 17.9 Å². The number of rotatable bonds is 5. The van der Waals surface area contributed by atoms with Gasteiger partial charge in [-0.1, -0.05) is 29.8 Å². The zero-order chi connectivity index (χ0) is 16.1. The highest BCUT2D eigenvalue weighted by molar-refractivity contribution is 6.07. The van der Waals surface area contributed by atoms with Gasteiger partial charge in [-0.05, 0) is 38.1 Å². The largest absolute Gasteiger partial charge is 0.496 e. The van der Waals surface area contributed by atoms with E-state index < -0.39 is 0 Å². The minimum absolute atomic E-state index is 0.0554. The topological polar surface area (TPSA) is 29.5 Å². The summed E-state index contributed by atoms with van der Waals surface area (Å²) in [5.41, 5.74) is 3.50. The number of hydrogen-bond donors (Lipinski definition) is 0. The van der Waals surface area contributed by atoms with Crippen molar-refractivity contribution in [2.75, 3.05) is 18.6 Å². The van der Waals surface area contributed by atoms with E-state index in [1.807, 2.05) is 56.3 Å². The molecule has 2 rings (SSSR count). The first-order valence-electron chi connectivity index (χ1n) is 7.21. The first-order valence-corrected chi connectivity index (χ1v) is 7.21. The number of hydrogen-bond acceptors (Lipinski definition) is 2. The molecule has 1 amide bonds. The van der Waals surface area contributed by atoms with Gasteiger partial charge in [0.25, 0.3) is 5.91 Å². The van der Waals surface area contributed by atoms with Gasteiger partial charge in [0.2, 0.25) is 0 Å². The van der Waals surface area contributed by atoms with Crippen LogP contribution >= 0.6 is 0 Å². The van der Waals surface area contributed by atoms with Gasteiger partial charge < -0.3 is 9.64 Å². The highest BCUT2D eigenvalue weighted by atomic mass is 16.5. The van der Waals surface area contributed by atoms with Crippen LogP contribution < -0.4 is 9.64 Å². The Hall–Kier alpha value is -2.55. The molecule has 0 aliphatic rings. The molecule has 3 heteroatoms. The highest BCUT2D eigenvalue weighted by Gasteiger charge is 2.19. The van der Waals surface area contributed by atoms with Crippen molar-refractivity contribution >= 4 is 11.6 Å². The summed E-state index contributed by atoms with van der Waals surface area (Å²) in [6, 6.07) is 13.4. The zero-order valence-electron chi connectivity index (χ0n) is 13.3. The summed E-state index contributed by atoms with van der Waals surface area (Å²) in [7, 11) is 1.61. The van der Waals surface area contributed by atoms with Gasteiger partial charge in [-0.15, -0.1) is 6.58 Å². The summed E-state index contributed by atoms with van der Waals surface area (Å²) in [6.45, 7) is 8.13. The van der Waals surface area contributed by atoms with Gasteiger partial charge in [-0.25, -0.2) is 0 Å². The third kappa shape index (κ3) is 3.19. The Labute approximate surface area is 131 Å². The van der Waals surface area contributed by atoms with Crippen LogP contribution in [0.1, 0.15) is 21.5 Å². The van der Waals surface area contributed by atoms with Gasteiger partial charge in [0.1, 0.15) is 5.75 Å². The van der Waals surface area contributed by atoms with Gasteiger partial charge in [0, 0.05) is 23.4 Å². The fourth-order valence-electron chi connectivity index (χ4n) is 2.37. The monoisotopic (exact) mass is 295 g/mol. The molecule has 0 saturated carbocycles. The van der Waals surface area contributed by atoms with Crippen LogP contribution in [-0.2, 0) is 0 Å². The second-order valence-electron chi connectivity index (χ2n) is 5.17. The quantitative estimate of drug-likeness (QED) is 0.776. The lowest BCUT2D eigenvalue weighted by atomic mass is 10.1. The molecule has 0 aliphatic carbocycles. The summed E-state index contributed by atoms with van der Waals surface area (Å²) in [5.74, 6) is 0.661. The number of methoxy groups -OCH3 is 1. The van der Waals surface area contributed by atoms with Crippen LogP contribution in [0.2, 0.25) is 0 Å². The lowest BCUT2D eigenvalue weighted by molar-refractivity contribution is 0.0988. The van der Waals surface area contributed by atoms with Crippen molar-refractivity contribution in [2.45, 2.75) is 13.8 Å². The zero-order valence-corrected chi connectivity index (χ0v) is 13.3. The van der Waals surface area contributed by atoms with Gasteiger partial charge in [-0.3, -0.25) is 4.79 Å². The molecule has 0 fully saturated rings. The lowest BCUT2D eigenvalue weighted by Gasteiger charge is -2.23. The summed E-state index contributed by atoms with van der Waals surface area (Å²) in [5, 5.41) is 0. The number of amides is 1. The third-order valence-corrected chi connectivity index (χ3v) is 3.64. The van der Waals surface area contributed by atoms with Crippen LogP contribution in [0.5, 0.6) is 5.75 Å². The Morgan fingerprint density at radius 1 is 1.18 bits per heavy atom. The molecule has 0 atom stereocenters.